The van der Waals surface area contributed by atoms with E-state index >= 15 is 0 Å². The molecule has 104 valence electrons. The number of hydrogen-bond donors (Lipinski definition) is 1. The lowest BCUT2D eigenvalue weighted by Gasteiger charge is -2.27. The highest BCUT2D eigenvalue weighted by molar-refractivity contribution is 9.10. The first-order chi connectivity index (χ1) is 9.25. The fraction of sp³-hybridized carbons (Fsp3) is 0.600. The Morgan fingerprint density at radius 2 is 2.16 bits per heavy atom. The monoisotopic (exact) mass is 325 g/mol. The standard InChI is InChI=1S/C15H20BrNO2/c1-10-8-13-15(19-7-6-18-13)14(16)12(10)9-11-4-2-3-5-17-11/h8,11,17H,2-7,9H2,1H3. The second-order valence-corrected chi connectivity index (χ2v) is 6.15. The van der Waals surface area contributed by atoms with Gasteiger partial charge in [0.25, 0.3) is 0 Å². The Morgan fingerprint density at radius 3 is 2.95 bits per heavy atom. The number of rotatable bonds is 2. The Labute approximate surface area is 122 Å². The van der Waals surface area contributed by atoms with Gasteiger partial charge in [-0.05, 0) is 65.9 Å². The van der Waals surface area contributed by atoms with Gasteiger partial charge in [-0.1, -0.05) is 6.42 Å². The highest BCUT2D eigenvalue weighted by atomic mass is 79.9. The molecule has 1 saturated heterocycles. The second kappa shape index (κ2) is 5.71. The van der Waals surface area contributed by atoms with Crippen molar-refractivity contribution in [3.63, 3.8) is 0 Å². The zero-order valence-electron chi connectivity index (χ0n) is 11.3. The number of halogens is 1. The predicted octanol–water partition coefficient (Wildman–Crippen LogP) is 3.21. The molecule has 1 aromatic carbocycles. The van der Waals surface area contributed by atoms with Crippen molar-refractivity contribution >= 4 is 15.9 Å². The smallest absolute Gasteiger partial charge is 0.175 e. The van der Waals surface area contributed by atoms with E-state index in [9.17, 15) is 0 Å². The fourth-order valence-corrected chi connectivity index (χ4v) is 3.68. The molecular formula is C15H20BrNO2. The molecule has 0 aliphatic carbocycles. The van der Waals surface area contributed by atoms with Crippen LogP contribution >= 0.6 is 15.9 Å². The Bertz CT molecular complexity index is 470. The van der Waals surface area contributed by atoms with Gasteiger partial charge in [-0.25, -0.2) is 0 Å². The molecule has 19 heavy (non-hydrogen) atoms. The molecule has 2 aliphatic heterocycles. The molecule has 1 unspecified atom stereocenters. The van der Waals surface area contributed by atoms with Gasteiger partial charge < -0.3 is 14.8 Å². The van der Waals surface area contributed by atoms with Crippen molar-refractivity contribution in [3.8, 4) is 11.5 Å². The molecule has 3 rings (SSSR count). The Balaban J connectivity index is 1.87. The molecule has 0 saturated carbocycles. The summed E-state index contributed by atoms with van der Waals surface area (Å²) in [6, 6.07) is 2.70. The van der Waals surface area contributed by atoms with Gasteiger partial charge in [0, 0.05) is 6.04 Å². The number of aryl methyl sites for hydroxylation is 1. The first-order valence-electron chi connectivity index (χ1n) is 7.06. The first-order valence-corrected chi connectivity index (χ1v) is 7.86. The molecule has 0 radical (unpaired) electrons. The van der Waals surface area contributed by atoms with Crippen LogP contribution in [-0.4, -0.2) is 25.8 Å². The van der Waals surface area contributed by atoms with Gasteiger partial charge in [0.05, 0.1) is 4.47 Å². The summed E-state index contributed by atoms with van der Waals surface area (Å²) < 4.78 is 12.5. The lowest BCUT2D eigenvalue weighted by molar-refractivity contribution is 0.170. The van der Waals surface area contributed by atoms with Crippen molar-refractivity contribution in [2.45, 2.75) is 38.6 Å². The van der Waals surface area contributed by atoms with E-state index in [2.05, 4.69) is 34.2 Å². The van der Waals surface area contributed by atoms with E-state index < -0.39 is 0 Å². The van der Waals surface area contributed by atoms with E-state index in [0.717, 1.165) is 28.9 Å². The summed E-state index contributed by atoms with van der Waals surface area (Å²) in [6.45, 7) is 4.57. The topological polar surface area (TPSA) is 30.5 Å². The summed E-state index contributed by atoms with van der Waals surface area (Å²) in [5.74, 6) is 1.75. The third-order valence-electron chi connectivity index (χ3n) is 3.96. The van der Waals surface area contributed by atoms with Crippen LogP contribution in [0.3, 0.4) is 0 Å². The lowest BCUT2D eigenvalue weighted by Crippen LogP contribution is -2.35. The quantitative estimate of drug-likeness (QED) is 0.905. The maximum absolute atomic E-state index is 5.75. The highest BCUT2D eigenvalue weighted by Crippen LogP contribution is 2.42. The molecule has 1 aromatic rings. The first kappa shape index (κ1) is 13.3. The van der Waals surface area contributed by atoms with E-state index in [1.807, 2.05) is 0 Å². The van der Waals surface area contributed by atoms with Crippen LogP contribution in [0.4, 0.5) is 0 Å². The summed E-state index contributed by atoms with van der Waals surface area (Å²) in [5, 5.41) is 3.61. The molecule has 4 heteroatoms. The maximum Gasteiger partial charge on any atom is 0.175 e. The zero-order valence-corrected chi connectivity index (χ0v) is 12.9. The molecule has 2 aliphatic rings. The third kappa shape index (κ3) is 2.75. The molecular weight excluding hydrogens is 306 g/mol. The summed E-state index contributed by atoms with van der Waals surface area (Å²) in [7, 11) is 0. The number of benzene rings is 1. The highest BCUT2D eigenvalue weighted by Gasteiger charge is 2.22. The number of fused-ring (bicyclic) bond motifs is 1. The van der Waals surface area contributed by atoms with Crippen LogP contribution in [0.15, 0.2) is 10.5 Å². The van der Waals surface area contributed by atoms with Crippen LogP contribution < -0.4 is 14.8 Å². The molecule has 2 heterocycles. The average Bonchev–Trinajstić information content (AvgIpc) is 2.45. The van der Waals surface area contributed by atoms with Gasteiger partial charge in [-0.3, -0.25) is 0 Å². The molecule has 1 atom stereocenters. The van der Waals surface area contributed by atoms with Crippen LogP contribution in [0.25, 0.3) is 0 Å². The van der Waals surface area contributed by atoms with E-state index in [0.29, 0.717) is 19.3 Å². The summed E-state index contributed by atoms with van der Waals surface area (Å²) in [4.78, 5) is 0. The number of piperidine rings is 1. The largest absolute Gasteiger partial charge is 0.486 e. The molecule has 1 N–H and O–H groups in total. The number of hydrogen-bond acceptors (Lipinski definition) is 3. The van der Waals surface area contributed by atoms with Gasteiger partial charge >= 0.3 is 0 Å². The molecule has 1 fully saturated rings. The van der Waals surface area contributed by atoms with Crippen molar-refractivity contribution in [2.75, 3.05) is 19.8 Å². The average molecular weight is 326 g/mol. The van der Waals surface area contributed by atoms with Crippen molar-refractivity contribution < 1.29 is 9.47 Å². The lowest BCUT2D eigenvalue weighted by atomic mass is 9.95. The third-order valence-corrected chi connectivity index (χ3v) is 4.80. The minimum atomic E-state index is 0.589. The van der Waals surface area contributed by atoms with Crippen LogP contribution in [0.1, 0.15) is 30.4 Å². The Hall–Kier alpha value is -0.740. The van der Waals surface area contributed by atoms with E-state index in [4.69, 9.17) is 9.47 Å². The minimum absolute atomic E-state index is 0.589. The van der Waals surface area contributed by atoms with Crippen LogP contribution in [0.2, 0.25) is 0 Å². The van der Waals surface area contributed by atoms with Gasteiger partial charge in [0.1, 0.15) is 13.2 Å². The van der Waals surface area contributed by atoms with Crippen molar-refractivity contribution in [1.29, 1.82) is 0 Å². The van der Waals surface area contributed by atoms with Crippen LogP contribution in [0, 0.1) is 6.92 Å². The number of nitrogens with one attached hydrogen (secondary N) is 1. The Morgan fingerprint density at radius 1 is 1.32 bits per heavy atom. The van der Waals surface area contributed by atoms with E-state index in [1.54, 1.807) is 0 Å². The predicted molar refractivity (Wildman–Crippen MR) is 79.2 cm³/mol. The fourth-order valence-electron chi connectivity index (χ4n) is 2.90. The minimum Gasteiger partial charge on any atom is -0.486 e. The van der Waals surface area contributed by atoms with Crippen LogP contribution in [-0.2, 0) is 6.42 Å². The number of ether oxygens (including phenoxy) is 2. The maximum atomic E-state index is 5.75. The Kier molecular flexibility index (Phi) is 3.99. The molecule has 0 spiro atoms. The van der Waals surface area contributed by atoms with Crippen LogP contribution in [0.5, 0.6) is 11.5 Å². The van der Waals surface area contributed by atoms with Crippen molar-refractivity contribution in [2.24, 2.45) is 0 Å². The SMILES string of the molecule is Cc1cc2c(c(Br)c1CC1CCCCN1)OCCO2. The van der Waals surface area contributed by atoms with E-state index in [-0.39, 0.29) is 0 Å². The summed E-state index contributed by atoms with van der Waals surface area (Å²) >= 11 is 3.71. The summed E-state index contributed by atoms with van der Waals surface area (Å²) in [6.07, 6.45) is 4.96. The van der Waals surface area contributed by atoms with E-state index in [1.165, 1.54) is 30.4 Å². The zero-order chi connectivity index (χ0) is 13.2. The normalized spacial score (nSPS) is 22.3. The van der Waals surface area contributed by atoms with Crippen molar-refractivity contribution in [1.82, 2.24) is 5.32 Å². The summed E-state index contributed by atoms with van der Waals surface area (Å²) in [5.41, 5.74) is 2.63. The van der Waals surface area contributed by atoms with Gasteiger partial charge in [-0.2, -0.15) is 0 Å². The molecule has 0 aromatic heterocycles. The molecule has 3 nitrogen and oxygen atoms in total. The van der Waals surface area contributed by atoms with Gasteiger partial charge in [0.2, 0.25) is 0 Å². The van der Waals surface area contributed by atoms with Gasteiger partial charge in [-0.15, -0.1) is 0 Å². The van der Waals surface area contributed by atoms with Crippen molar-refractivity contribution in [3.05, 3.63) is 21.7 Å². The second-order valence-electron chi connectivity index (χ2n) is 5.36. The van der Waals surface area contributed by atoms with Gasteiger partial charge in [0.15, 0.2) is 11.5 Å². The molecule has 0 bridgehead atoms. The molecule has 0 amide bonds.